The molecular weight excluding hydrogens is 448 g/mol. The molecule has 0 aliphatic heterocycles. The molecule has 0 aliphatic carbocycles. The second-order valence-electron chi connectivity index (χ2n) is 8.75. The lowest BCUT2D eigenvalue weighted by molar-refractivity contribution is -0.138. The molecule has 35 heavy (non-hydrogen) atoms. The molecule has 0 bridgehead atoms. The van der Waals surface area contributed by atoms with Gasteiger partial charge in [0.25, 0.3) is 0 Å². The van der Waals surface area contributed by atoms with Gasteiger partial charge in [-0.1, -0.05) is 111 Å². The first-order chi connectivity index (χ1) is 16.7. The molecule has 4 N–H and O–H groups in total. The molecule has 0 rings (SSSR count). The summed E-state index contributed by atoms with van der Waals surface area (Å²) in [6.45, 7) is 8.85. The molecule has 0 saturated carbocycles. The summed E-state index contributed by atoms with van der Waals surface area (Å²) in [6.07, 6.45) is 19.7. The van der Waals surface area contributed by atoms with Gasteiger partial charge in [-0.05, 0) is 25.7 Å². The van der Waals surface area contributed by atoms with Crippen molar-refractivity contribution in [3.63, 3.8) is 0 Å². The molecule has 0 aromatic carbocycles. The van der Waals surface area contributed by atoms with E-state index in [9.17, 15) is 14.4 Å². The number of hydrogen-bond acceptors (Lipinski definition) is 4. The maximum atomic E-state index is 10.0. The van der Waals surface area contributed by atoms with Crippen LogP contribution in [0.4, 0.5) is 0 Å². The number of carboxylic acid groups (broad SMARTS) is 3. The molecule has 0 aliphatic rings. The van der Waals surface area contributed by atoms with Crippen LogP contribution in [0.25, 0.3) is 0 Å². The second-order valence-corrected chi connectivity index (χ2v) is 8.75. The molecule has 0 saturated heterocycles. The van der Waals surface area contributed by atoms with Gasteiger partial charge >= 0.3 is 17.9 Å². The van der Waals surface area contributed by atoms with Crippen molar-refractivity contribution in [2.24, 2.45) is 0 Å². The van der Waals surface area contributed by atoms with Gasteiger partial charge in [0.2, 0.25) is 0 Å². The second kappa shape index (κ2) is 39.6. The van der Waals surface area contributed by atoms with E-state index in [2.05, 4.69) is 27.7 Å². The van der Waals surface area contributed by atoms with E-state index in [1.165, 1.54) is 57.8 Å². The van der Waals surface area contributed by atoms with Crippen molar-refractivity contribution in [2.75, 3.05) is 6.61 Å². The van der Waals surface area contributed by atoms with E-state index in [0.29, 0.717) is 25.9 Å². The van der Waals surface area contributed by atoms with Crippen molar-refractivity contribution < 1.29 is 34.8 Å². The van der Waals surface area contributed by atoms with Crippen LogP contribution in [-0.2, 0) is 14.4 Å². The largest absolute Gasteiger partial charge is 0.481 e. The van der Waals surface area contributed by atoms with Gasteiger partial charge in [0.1, 0.15) is 0 Å². The van der Waals surface area contributed by atoms with Gasteiger partial charge in [-0.15, -0.1) is 0 Å². The maximum Gasteiger partial charge on any atom is 0.303 e. The molecule has 0 heterocycles. The molecule has 0 unspecified atom stereocenters. The fourth-order valence-corrected chi connectivity index (χ4v) is 2.80. The van der Waals surface area contributed by atoms with Crippen LogP contribution in [0.3, 0.4) is 0 Å². The number of carbonyl (C=O) groups is 3. The first-order valence-corrected chi connectivity index (χ1v) is 14.0. The topological polar surface area (TPSA) is 132 Å². The number of hydrogen-bond donors (Lipinski definition) is 4. The summed E-state index contributed by atoms with van der Waals surface area (Å²) < 4.78 is 0. The Kier molecular flexibility index (Phi) is 45.8. The fourth-order valence-electron chi connectivity index (χ4n) is 2.80. The zero-order chi connectivity index (χ0) is 27.6. The van der Waals surface area contributed by atoms with Crippen molar-refractivity contribution in [2.45, 2.75) is 156 Å². The monoisotopic (exact) mass is 506 g/mol. The van der Waals surface area contributed by atoms with Crippen LogP contribution in [0.2, 0.25) is 0 Å². The summed E-state index contributed by atoms with van der Waals surface area (Å²) in [6, 6.07) is 0. The van der Waals surface area contributed by atoms with E-state index in [-0.39, 0.29) is 0 Å². The Labute approximate surface area is 215 Å². The molecule has 7 heteroatoms. The summed E-state index contributed by atoms with van der Waals surface area (Å²) >= 11 is 0. The van der Waals surface area contributed by atoms with Crippen LogP contribution >= 0.6 is 0 Å². The van der Waals surface area contributed by atoms with Crippen LogP contribution in [0, 0.1) is 0 Å². The van der Waals surface area contributed by atoms with E-state index in [0.717, 1.165) is 51.4 Å². The Morgan fingerprint density at radius 1 is 0.400 bits per heavy atom. The summed E-state index contributed by atoms with van der Waals surface area (Å²) in [5.41, 5.74) is 0. The van der Waals surface area contributed by atoms with Crippen molar-refractivity contribution in [1.29, 1.82) is 0 Å². The Balaban J connectivity index is -0.000000188. The SMILES string of the molecule is CCCCCCCC(=O)O.CCCCCCCC(=O)O.CCCCCCCC(=O)O.CCCCO. The Bertz CT molecular complexity index is 366. The molecule has 7 nitrogen and oxygen atoms in total. The minimum Gasteiger partial charge on any atom is -0.481 e. The third kappa shape index (κ3) is 65.4. The summed E-state index contributed by atoms with van der Waals surface area (Å²) in [7, 11) is 0. The molecular formula is C28H58O7. The minimum atomic E-state index is -0.670. The van der Waals surface area contributed by atoms with Crippen LogP contribution in [0.5, 0.6) is 0 Å². The maximum absolute atomic E-state index is 10.0. The number of aliphatic carboxylic acids is 3. The lowest BCUT2D eigenvalue weighted by atomic mass is 10.1. The third-order valence-electron chi connectivity index (χ3n) is 4.99. The first-order valence-electron chi connectivity index (χ1n) is 14.0. The quantitative estimate of drug-likeness (QED) is 0.123. The number of rotatable bonds is 20. The van der Waals surface area contributed by atoms with E-state index in [4.69, 9.17) is 20.4 Å². The van der Waals surface area contributed by atoms with Crippen molar-refractivity contribution in [3.8, 4) is 0 Å². The van der Waals surface area contributed by atoms with Crippen LogP contribution in [0.1, 0.15) is 156 Å². The zero-order valence-electron chi connectivity index (χ0n) is 23.4. The summed E-state index contributed by atoms with van der Waals surface area (Å²) in [5, 5.41) is 32.9. The Hall–Kier alpha value is -1.63. The lowest BCUT2D eigenvalue weighted by Crippen LogP contribution is -1.93. The van der Waals surface area contributed by atoms with E-state index < -0.39 is 17.9 Å². The average molecular weight is 507 g/mol. The van der Waals surface area contributed by atoms with E-state index in [1.807, 2.05) is 0 Å². The van der Waals surface area contributed by atoms with Gasteiger partial charge in [-0.25, -0.2) is 0 Å². The van der Waals surface area contributed by atoms with Gasteiger partial charge in [-0.2, -0.15) is 0 Å². The molecule has 0 fully saturated rings. The molecule has 0 radical (unpaired) electrons. The fraction of sp³-hybridized carbons (Fsp3) is 0.893. The number of carboxylic acids is 3. The van der Waals surface area contributed by atoms with Crippen molar-refractivity contribution >= 4 is 17.9 Å². The predicted octanol–water partition coefficient (Wildman–Crippen LogP) is 8.07. The van der Waals surface area contributed by atoms with Gasteiger partial charge in [0.15, 0.2) is 0 Å². The number of unbranched alkanes of at least 4 members (excludes halogenated alkanes) is 13. The molecule has 0 aromatic rings. The molecule has 0 aromatic heterocycles. The average Bonchev–Trinajstić information content (AvgIpc) is 2.80. The van der Waals surface area contributed by atoms with Crippen molar-refractivity contribution in [3.05, 3.63) is 0 Å². The summed E-state index contributed by atoms with van der Waals surface area (Å²) in [5.74, 6) is -2.01. The van der Waals surface area contributed by atoms with Crippen LogP contribution in [0.15, 0.2) is 0 Å². The molecule has 0 atom stereocenters. The zero-order valence-corrected chi connectivity index (χ0v) is 23.4. The van der Waals surface area contributed by atoms with Gasteiger partial charge in [0, 0.05) is 25.9 Å². The Morgan fingerprint density at radius 3 is 0.771 bits per heavy atom. The van der Waals surface area contributed by atoms with Crippen LogP contribution < -0.4 is 0 Å². The highest BCUT2D eigenvalue weighted by Crippen LogP contribution is 2.05. The van der Waals surface area contributed by atoms with E-state index >= 15 is 0 Å². The highest BCUT2D eigenvalue weighted by atomic mass is 16.4. The molecule has 0 spiro atoms. The highest BCUT2D eigenvalue weighted by molar-refractivity contribution is 5.67. The molecule has 212 valence electrons. The smallest absolute Gasteiger partial charge is 0.303 e. The number of aliphatic hydroxyl groups excluding tert-OH is 1. The van der Waals surface area contributed by atoms with Gasteiger partial charge < -0.3 is 20.4 Å². The number of aliphatic hydroxyl groups is 1. The predicted molar refractivity (Wildman–Crippen MR) is 145 cm³/mol. The minimum absolute atomic E-state index is 0.337. The van der Waals surface area contributed by atoms with Gasteiger partial charge in [-0.3, -0.25) is 14.4 Å². The highest BCUT2D eigenvalue weighted by Gasteiger charge is 1.96. The third-order valence-corrected chi connectivity index (χ3v) is 4.99. The standard InChI is InChI=1S/3C8H16O2.C4H10O/c3*1-2-3-4-5-6-7-8(9)10;1-2-3-4-5/h3*2-7H2,1H3,(H,9,10);5H,2-4H2,1H3. The Morgan fingerprint density at radius 2 is 0.629 bits per heavy atom. The lowest BCUT2D eigenvalue weighted by Gasteiger charge is -1.95. The van der Waals surface area contributed by atoms with Crippen molar-refractivity contribution in [1.82, 2.24) is 0 Å². The first kappa shape index (κ1) is 40.5. The summed E-state index contributed by atoms with van der Waals surface area (Å²) in [4.78, 5) is 30.1. The van der Waals surface area contributed by atoms with Crippen LogP contribution in [-0.4, -0.2) is 44.9 Å². The van der Waals surface area contributed by atoms with E-state index in [1.54, 1.807) is 0 Å². The van der Waals surface area contributed by atoms with Gasteiger partial charge in [0.05, 0.1) is 0 Å². The normalized spacial score (nSPS) is 9.51. The molecule has 0 amide bonds.